The summed E-state index contributed by atoms with van der Waals surface area (Å²) in [5, 5.41) is 0. The number of carbonyl (C=O) groups excluding carboxylic acids is 1. The molecule has 1 atom stereocenters. The Morgan fingerprint density at radius 1 is 1.50 bits per heavy atom. The number of aromatic nitrogens is 1. The number of nitrogens with zero attached hydrogens (tertiary/aromatic N) is 2. The zero-order valence-electron chi connectivity index (χ0n) is 11.2. The van der Waals surface area contributed by atoms with Crippen molar-refractivity contribution in [2.24, 2.45) is 5.92 Å². The molecule has 0 aliphatic carbocycles. The highest BCUT2D eigenvalue weighted by atomic mass is 16.5. The van der Waals surface area contributed by atoms with E-state index < -0.39 is 0 Å². The van der Waals surface area contributed by atoms with Crippen LogP contribution in [0.1, 0.15) is 31.3 Å². The van der Waals surface area contributed by atoms with Crippen molar-refractivity contribution in [3.8, 4) is 0 Å². The lowest BCUT2D eigenvalue weighted by atomic mass is 10.1. The minimum atomic E-state index is -0.0960. The molecular formula is C14H20N2O2. The van der Waals surface area contributed by atoms with E-state index in [2.05, 4.69) is 4.98 Å². The van der Waals surface area contributed by atoms with Crippen LogP contribution in [0.3, 0.4) is 0 Å². The number of aryl methyl sites for hydroxylation is 1. The van der Waals surface area contributed by atoms with Crippen LogP contribution in [0.25, 0.3) is 0 Å². The SMILES string of the molecule is Cc1cccc([C@H]2CN(C(=O)C(C)C)CCO2)n1. The van der Waals surface area contributed by atoms with Crippen LogP contribution in [0.2, 0.25) is 0 Å². The summed E-state index contributed by atoms with van der Waals surface area (Å²) in [7, 11) is 0. The summed E-state index contributed by atoms with van der Waals surface area (Å²) in [5.41, 5.74) is 1.89. The first kappa shape index (κ1) is 13.0. The second-order valence-electron chi connectivity index (χ2n) is 5.00. The Balaban J connectivity index is 2.09. The van der Waals surface area contributed by atoms with Gasteiger partial charge in [0.05, 0.1) is 18.8 Å². The van der Waals surface area contributed by atoms with E-state index in [0.717, 1.165) is 11.4 Å². The van der Waals surface area contributed by atoms with Gasteiger partial charge in [0.2, 0.25) is 5.91 Å². The van der Waals surface area contributed by atoms with Crippen LogP contribution in [0.15, 0.2) is 18.2 Å². The summed E-state index contributed by atoms with van der Waals surface area (Å²) in [4.78, 5) is 18.3. The first-order chi connectivity index (χ1) is 8.58. The van der Waals surface area contributed by atoms with Crippen molar-refractivity contribution in [3.05, 3.63) is 29.6 Å². The third kappa shape index (κ3) is 2.88. The summed E-state index contributed by atoms with van der Waals surface area (Å²) in [5.74, 6) is 0.227. The number of ether oxygens (including phenoxy) is 1. The van der Waals surface area contributed by atoms with Gasteiger partial charge < -0.3 is 9.64 Å². The molecule has 4 nitrogen and oxygen atoms in total. The van der Waals surface area contributed by atoms with Crippen molar-refractivity contribution in [2.45, 2.75) is 26.9 Å². The molecule has 2 rings (SSSR count). The Labute approximate surface area is 108 Å². The van der Waals surface area contributed by atoms with Crippen molar-refractivity contribution >= 4 is 5.91 Å². The second kappa shape index (κ2) is 5.48. The van der Waals surface area contributed by atoms with E-state index in [1.54, 1.807) is 0 Å². The number of pyridine rings is 1. The molecule has 0 bridgehead atoms. The molecule has 1 aliphatic rings. The molecule has 1 aliphatic heterocycles. The largest absolute Gasteiger partial charge is 0.368 e. The van der Waals surface area contributed by atoms with Gasteiger partial charge in [0, 0.05) is 18.2 Å². The van der Waals surface area contributed by atoms with Crippen LogP contribution in [0.4, 0.5) is 0 Å². The van der Waals surface area contributed by atoms with Crippen molar-refractivity contribution in [1.82, 2.24) is 9.88 Å². The molecular weight excluding hydrogens is 228 g/mol. The van der Waals surface area contributed by atoms with Crippen molar-refractivity contribution in [3.63, 3.8) is 0 Å². The van der Waals surface area contributed by atoms with E-state index in [-0.39, 0.29) is 17.9 Å². The van der Waals surface area contributed by atoms with Crippen LogP contribution in [-0.2, 0) is 9.53 Å². The highest BCUT2D eigenvalue weighted by Gasteiger charge is 2.27. The van der Waals surface area contributed by atoms with E-state index in [0.29, 0.717) is 19.7 Å². The van der Waals surface area contributed by atoms with E-state index in [4.69, 9.17) is 4.74 Å². The summed E-state index contributed by atoms with van der Waals surface area (Å²) in [6, 6.07) is 5.90. The monoisotopic (exact) mass is 248 g/mol. The first-order valence-corrected chi connectivity index (χ1v) is 6.42. The van der Waals surface area contributed by atoms with E-state index in [9.17, 15) is 4.79 Å². The number of rotatable bonds is 2. The maximum Gasteiger partial charge on any atom is 0.225 e. The fraction of sp³-hybridized carbons (Fsp3) is 0.571. The molecule has 1 aromatic rings. The fourth-order valence-corrected chi connectivity index (χ4v) is 2.14. The van der Waals surface area contributed by atoms with Gasteiger partial charge in [-0.1, -0.05) is 19.9 Å². The highest BCUT2D eigenvalue weighted by Crippen LogP contribution is 2.21. The molecule has 0 N–H and O–H groups in total. The van der Waals surface area contributed by atoms with E-state index >= 15 is 0 Å². The second-order valence-corrected chi connectivity index (χ2v) is 5.00. The molecule has 1 saturated heterocycles. The van der Waals surface area contributed by atoms with Crippen LogP contribution in [0, 0.1) is 12.8 Å². The number of morpholine rings is 1. The standard InChI is InChI=1S/C14H20N2O2/c1-10(2)14(17)16-7-8-18-13(9-16)12-6-4-5-11(3)15-12/h4-6,10,13H,7-9H2,1-3H3/t13-/m1/s1. The normalized spacial score (nSPS) is 20.2. The summed E-state index contributed by atoms with van der Waals surface area (Å²) < 4.78 is 5.72. The van der Waals surface area contributed by atoms with Gasteiger partial charge in [0.25, 0.3) is 0 Å². The molecule has 0 aromatic carbocycles. The lowest BCUT2D eigenvalue weighted by molar-refractivity contribution is -0.142. The fourth-order valence-electron chi connectivity index (χ4n) is 2.14. The van der Waals surface area contributed by atoms with Gasteiger partial charge in [-0.25, -0.2) is 0 Å². The van der Waals surface area contributed by atoms with Crippen LogP contribution >= 0.6 is 0 Å². The van der Waals surface area contributed by atoms with Gasteiger partial charge in [-0.15, -0.1) is 0 Å². The molecule has 1 fully saturated rings. The van der Waals surface area contributed by atoms with E-state index in [1.165, 1.54) is 0 Å². The quantitative estimate of drug-likeness (QED) is 0.803. The Morgan fingerprint density at radius 2 is 2.28 bits per heavy atom. The molecule has 0 unspecified atom stereocenters. The van der Waals surface area contributed by atoms with Crippen LogP contribution < -0.4 is 0 Å². The van der Waals surface area contributed by atoms with Gasteiger partial charge in [0.1, 0.15) is 6.10 Å². The number of amides is 1. The summed E-state index contributed by atoms with van der Waals surface area (Å²) >= 11 is 0. The Bertz CT molecular complexity index is 432. The third-order valence-electron chi connectivity index (χ3n) is 3.11. The number of hydrogen-bond acceptors (Lipinski definition) is 3. The zero-order valence-corrected chi connectivity index (χ0v) is 11.2. The van der Waals surface area contributed by atoms with Crippen LogP contribution in [0.5, 0.6) is 0 Å². The van der Waals surface area contributed by atoms with Gasteiger partial charge >= 0.3 is 0 Å². The van der Waals surface area contributed by atoms with Gasteiger partial charge in [-0.05, 0) is 19.1 Å². The average molecular weight is 248 g/mol. The lowest BCUT2D eigenvalue weighted by Gasteiger charge is -2.33. The maximum absolute atomic E-state index is 12.0. The predicted octanol–water partition coefficient (Wildman–Crippen LogP) is 1.95. The first-order valence-electron chi connectivity index (χ1n) is 6.42. The highest BCUT2D eigenvalue weighted by molar-refractivity contribution is 5.78. The minimum absolute atomic E-state index is 0.0363. The molecule has 1 aromatic heterocycles. The lowest BCUT2D eigenvalue weighted by Crippen LogP contribution is -2.44. The zero-order chi connectivity index (χ0) is 13.1. The van der Waals surface area contributed by atoms with Crippen molar-refractivity contribution in [2.75, 3.05) is 19.7 Å². The average Bonchev–Trinajstić information content (AvgIpc) is 2.38. The molecule has 18 heavy (non-hydrogen) atoms. The van der Waals surface area contributed by atoms with Gasteiger partial charge in [-0.3, -0.25) is 9.78 Å². The van der Waals surface area contributed by atoms with Crippen molar-refractivity contribution in [1.29, 1.82) is 0 Å². The molecule has 1 amide bonds. The van der Waals surface area contributed by atoms with Gasteiger partial charge in [-0.2, -0.15) is 0 Å². The topological polar surface area (TPSA) is 42.4 Å². The number of hydrogen-bond donors (Lipinski definition) is 0. The Hall–Kier alpha value is -1.42. The van der Waals surface area contributed by atoms with E-state index in [1.807, 2.05) is 43.9 Å². The molecule has 0 radical (unpaired) electrons. The maximum atomic E-state index is 12.0. The Morgan fingerprint density at radius 3 is 2.94 bits per heavy atom. The van der Waals surface area contributed by atoms with Crippen LogP contribution in [-0.4, -0.2) is 35.5 Å². The third-order valence-corrected chi connectivity index (χ3v) is 3.11. The molecule has 0 spiro atoms. The molecule has 2 heterocycles. The number of carbonyl (C=O) groups is 1. The molecule has 0 saturated carbocycles. The van der Waals surface area contributed by atoms with Crippen molar-refractivity contribution < 1.29 is 9.53 Å². The molecule has 98 valence electrons. The van der Waals surface area contributed by atoms with Gasteiger partial charge in [0.15, 0.2) is 0 Å². The predicted molar refractivity (Wildman–Crippen MR) is 69.1 cm³/mol. The Kier molecular flexibility index (Phi) is 3.97. The minimum Gasteiger partial charge on any atom is -0.368 e. The summed E-state index contributed by atoms with van der Waals surface area (Å²) in [6.07, 6.45) is -0.0960. The summed E-state index contributed by atoms with van der Waals surface area (Å²) in [6.45, 7) is 7.68. The smallest absolute Gasteiger partial charge is 0.225 e. The molecule has 4 heteroatoms.